The van der Waals surface area contributed by atoms with E-state index in [-0.39, 0.29) is 35.2 Å². The average Bonchev–Trinajstić information content (AvgIpc) is 3.05. The molecule has 0 bridgehead atoms. The van der Waals surface area contributed by atoms with E-state index in [9.17, 15) is 18.0 Å². The van der Waals surface area contributed by atoms with Crippen molar-refractivity contribution in [2.24, 2.45) is 0 Å². The van der Waals surface area contributed by atoms with Gasteiger partial charge in [0.25, 0.3) is 10.0 Å². The van der Waals surface area contributed by atoms with Crippen molar-refractivity contribution in [1.82, 2.24) is 10.2 Å². The summed E-state index contributed by atoms with van der Waals surface area (Å²) in [5.41, 5.74) is 2.16. The van der Waals surface area contributed by atoms with Crippen LogP contribution in [-0.4, -0.2) is 57.5 Å². The van der Waals surface area contributed by atoms with Gasteiger partial charge in [0.2, 0.25) is 11.8 Å². The van der Waals surface area contributed by atoms with Crippen LogP contribution < -0.4 is 19.1 Å². The Hall–Kier alpha value is -4.83. The summed E-state index contributed by atoms with van der Waals surface area (Å²) in [4.78, 5) is 30.3. The quantitative estimate of drug-likeness (QED) is 0.196. The molecule has 10 heteroatoms. The zero-order valence-corrected chi connectivity index (χ0v) is 28.6. The fourth-order valence-electron chi connectivity index (χ4n) is 5.20. The van der Waals surface area contributed by atoms with E-state index in [0.29, 0.717) is 5.75 Å². The first-order valence-corrected chi connectivity index (χ1v) is 16.8. The molecule has 9 nitrogen and oxygen atoms in total. The lowest BCUT2D eigenvalue weighted by Crippen LogP contribution is -2.56. The van der Waals surface area contributed by atoms with Crippen molar-refractivity contribution in [1.29, 1.82) is 0 Å². The van der Waals surface area contributed by atoms with Crippen LogP contribution in [0.15, 0.2) is 108 Å². The van der Waals surface area contributed by atoms with Gasteiger partial charge in [0, 0.05) is 24.6 Å². The molecule has 4 aromatic rings. The second-order valence-electron chi connectivity index (χ2n) is 12.3. The number of carbonyl (C=O) groups is 2. The van der Waals surface area contributed by atoms with Crippen molar-refractivity contribution in [3.63, 3.8) is 0 Å². The van der Waals surface area contributed by atoms with Gasteiger partial charge in [-0.3, -0.25) is 13.9 Å². The Bertz CT molecular complexity index is 1770. The standard InChI is InChI=1S/C37H43N3O6S/c1-27-15-13-14-18-29(27)25-39(33(36(42)38-37(2,3)4)23-28-16-9-7-10-17-28)35(41)26-40(47(43,44)31-19-11-8-12-20-31)32-24-30(45-5)21-22-34(32)46-6/h7-22,24,33H,23,25-26H2,1-6H3,(H,38,42)/t33-/m0/s1. The third-order valence-corrected chi connectivity index (χ3v) is 9.41. The number of hydrogen-bond acceptors (Lipinski definition) is 6. The van der Waals surface area contributed by atoms with E-state index in [1.54, 1.807) is 30.3 Å². The average molecular weight is 658 g/mol. The van der Waals surface area contributed by atoms with E-state index < -0.39 is 34.1 Å². The maximum Gasteiger partial charge on any atom is 0.264 e. The molecule has 47 heavy (non-hydrogen) atoms. The number of ether oxygens (including phenoxy) is 2. The molecular formula is C37H43N3O6S. The lowest BCUT2D eigenvalue weighted by Gasteiger charge is -2.35. The molecule has 2 amide bonds. The normalized spacial score (nSPS) is 12.1. The van der Waals surface area contributed by atoms with Crippen LogP contribution in [0.2, 0.25) is 0 Å². The maximum absolute atomic E-state index is 14.7. The van der Waals surface area contributed by atoms with E-state index in [1.165, 1.54) is 37.3 Å². The van der Waals surface area contributed by atoms with Crippen molar-refractivity contribution in [2.45, 2.75) is 57.1 Å². The molecular weight excluding hydrogens is 614 g/mol. The molecule has 4 aromatic carbocycles. The molecule has 0 aliphatic rings. The Kier molecular flexibility index (Phi) is 11.3. The number of sulfonamides is 1. The second kappa shape index (κ2) is 15.2. The zero-order valence-electron chi connectivity index (χ0n) is 27.8. The highest BCUT2D eigenvalue weighted by Crippen LogP contribution is 2.36. The molecule has 0 aliphatic carbocycles. The second-order valence-corrected chi connectivity index (χ2v) is 14.1. The van der Waals surface area contributed by atoms with Crippen LogP contribution in [0, 0.1) is 6.92 Å². The van der Waals surface area contributed by atoms with Crippen LogP contribution >= 0.6 is 0 Å². The molecule has 0 saturated carbocycles. The smallest absolute Gasteiger partial charge is 0.264 e. The summed E-state index contributed by atoms with van der Waals surface area (Å²) in [6.45, 7) is 7.03. The lowest BCUT2D eigenvalue weighted by atomic mass is 10.00. The number of benzene rings is 4. The first kappa shape index (κ1) is 35.0. The maximum atomic E-state index is 14.7. The van der Waals surface area contributed by atoms with Crippen LogP contribution in [0.4, 0.5) is 5.69 Å². The lowest BCUT2D eigenvalue weighted by molar-refractivity contribution is -0.140. The molecule has 1 atom stereocenters. The summed E-state index contributed by atoms with van der Waals surface area (Å²) >= 11 is 0. The molecule has 0 spiro atoms. The minimum absolute atomic E-state index is 0.00515. The summed E-state index contributed by atoms with van der Waals surface area (Å²) in [6.07, 6.45) is 0.217. The van der Waals surface area contributed by atoms with Gasteiger partial charge >= 0.3 is 0 Å². The molecule has 0 saturated heterocycles. The number of amides is 2. The van der Waals surface area contributed by atoms with Crippen LogP contribution in [-0.2, 0) is 32.6 Å². The number of aryl methyl sites for hydroxylation is 1. The Morgan fingerprint density at radius 2 is 1.45 bits per heavy atom. The topological polar surface area (TPSA) is 105 Å². The summed E-state index contributed by atoms with van der Waals surface area (Å²) in [5, 5.41) is 3.05. The van der Waals surface area contributed by atoms with Crippen molar-refractivity contribution >= 4 is 27.5 Å². The van der Waals surface area contributed by atoms with Gasteiger partial charge in [0.1, 0.15) is 24.1 Å². The van der Waals surface area contributed by atoms with Gasteiger partial charge in [-0.25, -0.2) is 8.42 Å². The van der Waals surface area contributed by atoms with Gasteiger partial charge in [-0.2, -0.15) is 0 Å². The molecule has 0 aliphatic heterocycles. The SMILES string of the molecule is COc1ccc(OC)c(N(CC(=O)N(Cc2ccccc2C)[C@@H](Cc2ccccc2)C(=O)NC(C)(C)C)S(=O)(=O)c2ccccc2)c1. The number of methoxy groups -OCH3 is 2. The number of nitrogens with one attached hydrogen (secondary N) is 1. The summed E-state index contributed by atoms with van der Waals surface area (Å²) in [5.74, 6) is -0.304. The Morgan fingerprint density at radius 3 is 2.04 bits per heavy atom. The van der Waals surface area contributed by atoms with Gasteiger partial charge < -0.3 is 19.7 Å². The fourth-order valence-corrected chi connectivity index (χ4v) is 6.64. The van der Waals surface area contributed by atoms with E-state index in [0.717, 1.165) is 21.0 Å². The van der Waals surface area contributed by atoms with Crippen molar-refractivity contribution in [3.05, 3.63) is 120 Å². The minimum atomic E-state index is -4.31. The van der Waals surface area contributed by atoms with Gasteiger partial charge in [0.05, 0.1) is 24.8 Å². The molecule has 0 aromatic heterocycles. The molecule has 4 rings (SSSR count). The van der Waals surface area contributed by atoms with Crippen LogP contribution in [0.25, 0.3) is 0 Å². The van der Waals surface area contributed by atoms with Crippen molar-refractivity contribution in [3.8, 4) is 11.5 Å². The molecule has 0 unspecified atom stereocenters. The Morgan fingerprint density at radius 1 is 0.830 bits per heavy atom. The largest absolute Gasteiger partial charge is 0.497 e. The number of nitrogens with zero attached hydrogens (tertiary/aromatic N) is 2. The molecule has 0 radical (unpaired) electrons. The van der Waals surface area contributed by atoms with Gasteiger partial charge in [-0.1, -0.05) is 72.8 Å². The number of hydrogen-bond donors (Lipinski definition) is 1. The monoisotopic (exact) mass is 657 g/mol. The highest BCUT2D eigenvalue weighted by Gasteiger charge is 2.36. The number of carbonyl (C=O) groups excluding carboxylic acids is 2. The molecule has 0 fully saturated rings. The first-order chi connectivity index (χ1) is 22.3. The van der Waals surface area contributed by atoms with E-state index in [4.69, 9.17) is 9.47 Å². The van der Waals surface area contributed by atoms with Crippen molar-refractivity contribution < 1.29 is 27.5 Å². The third-order valence-electron chi connectivity index (χ3n) is 7.64. The highest BCUT2D eigenvalue weighted by molar-refractivity contribution is 7.92. The predicted molar refractivity (Wildman–Crippen MR) is 184 cm³/mol. The number of anilines is 1. The Labute approximate surface area is 278 Å². The molecule has 0 heterocycles. The van der Waals surface area contributed by atoms with Gasteiger partial charge in [-0.05, 0) is 68.7 Å². The number of rotatable bonds is 13. The summed E-state index contributed by atoms with van der Waals surface area (Å²) in [6, 6.07) is 28.8. The first-order valence-electron chi connectivity index (χ1n) is 15.3. The highest BCUT2D eigenvalue weighted by atomic mass is 32.2. The molecule has 248 valence electrons. The van der Waals surface area contributed by atoms with E-state index in [1.807, 2.05) is 82.3 Å². The Balaban J connectivity index is 1.88. The van der Waals surface area contributed by atoms with Gasteiger partial charge in [-0.15, -0.1) is 0 Å². The molecule has 1 N–H and O–H groups in total. The predicted octanol–water partition coefficient (Wildman–Crippen LogP) is 5.76. The fraction of sp³-hybridized carbons (Fsp3) is 0.297. The van der Waals surface area contributed by atoms with Crippen LogP contribution in [0.5, 0.6) is 11.5 Å². The summed E-state index contributed by atoms with van der Waals surface area (Å²) in [7, 11) is -1.41. The van der Waals surface area contributed by atoms with Crippen LogP contribution in [0.1, 0.15) is 37.5 Å². The van der Waals surface area contributed by atoms with E-state index in [2.05, 4.69) is 5.32 Å². The zero-order chi connectivity index (χ0) is 34.2. The minimum Gasteiger partial charge on any atom is -0.497 e. The third kappa shape index (κ3) is 8.92. The van der Waals surface area contributed by atoms with Gasteiger partial charge in [0.15, 0.2) is 0 Å². The van der Waals surface area contributed by atoms with Crippen molar-refractivity contribution in [2.75, 3.05) is 25.1 Å². The van der Waals surface area contributed by atoms with E-state index >= 15 is 0 Å². The summed E-state index contributed by atoms with van der Waals surface area (Å²) < 4.78 is 40.7. The van der Waals surface area contributed by atoms with Crippen LogP contribution in [0.3, 0.4) is 0 Å².